The minimum Gasteiger partial charge on any atom is -0.393 e. The first-order valence-electron chi connectivity index (χ1n) is 4.75. The maximum absolute atomic E-state index is 9.08. The van der Waals surface area contributed by atoms with E-state index in [1.54, 1.807) is 25.1 Å². The van der Waals surface area contributed by atoms with Gasteiger partial charge in [0.1, 0.15) is 0 Å². The third-order valence-corrected chi connectivity index (χ3v) is 2.30. The molecular formula is C11H13ClN2O. The van der Waals surface area contributed by atoms with Crippen LogP contribution >= 0.6 is 11.6 Å². The second-order valence-electron chi connectivity index (χ2n) is 3.37. The highest BCUT2D eigenvalue weighted by molar-refractivity contribution is 6.33. The molecule has 0 spiro atoms. The second-order valence-corrected chi connectivity index (χ2v) is 3.78. The number of nitrogens with one attached hydrogen (secondary N) is 1. The Bertz CT molecular complexity index is 371. The van der Waals surface area contributed by atoms with E-state index in [-0.39, 0.29) is 6.10 Å². The van der Waals surface area contributed by atoms with Crippen molar-refractivity contribution in [3.8, 4) is 6.07 Å². The second kappa shape index (κ2) is 5.59. The van der Waals surface area contributed by atoms with Crippen LogP contribution in [0.15, 0.2) is 18.2 Å². The quantitative estimate of drug-likeness (QED) is 0.826. The largest absolute Gasteiger partial charge is 0.393 e. The first-order chi connectivity index (χ1) is 7.13. The average molecular weight is 225 g/mol. The number of anilines is 1. The van der Waals surface area contributed by atoms with Crippen molar-refractivity contribution in [1.82, 2.24) is 0 Å². The Balaban J connectivity index is 2.64. The fourth-order valence-corrected chi connectivity index (χ4v) is 1.33. The Morgan fingerprint density at radius 1 is 1.60 bits per heavy atom. The summed E-state index contributed by atoms with van der Waals surface area (Å²) in [4.78, 5) is 0. The highest BCUT2D eigenvalue weighted by Crippen LogP contribution is 2.22. The first-order valence-corrected chi connectivity index (χ1v) is 5.13. The standard InChI is InChI=1S/C11H13ClN2O/c1-8(15)4-5-14-11-6-9(7-13)2-3-10(11)12/h2-3,6,8,14-15H,4-5H2,1H3. The van der Waals surface area contributed by atoms with Gasteiger partial charge in [-0.05, 0) is 31.5 Å². The maximum atomic E-state index is 9.08. The van der Waals surface area contributed by atoms with E-state index < -0.39 is 0 Å². The van der Waals surface area contributed by atoms with E-state index in [9.17, 15) is 0 Å². The van der Waals surface area contributed by atoms with Crippen LogP contribution in [-0.4, -0.2) is 17.8 Å². The Morgan fingerprint density at radius 2 is 2.33 bits per heavy atom. The Morgan fingerprint density at radius 3 is 2.93 bits per heavy atom. The lowest BCUT2D eigenvalue weighted by atomic mass is 10.2. The van der Waals surface area contributed by atoms with Crippen molar-refractivity contribution in [3.63, 3.8) is 0 Å². The van der Waals surface area contributed by atoms with Gasteiger partial charge < -0.3 is 10.4 Å². The van der Waals surface area contributed by atoms with E-state index in [2.05, 4.69) is 5.32 Å². The zero-order chi connectivity index (χ0) is 11.3. The van der Waals surface area contributed by atoms with Gasteiger partial charge in [-0.15, -0.1) is 0 Å². The normalized spacial score (nSPS) is 11.9. The molecule has 2 N–H and O–H groups in total. The van der Waals surface area contributed by atoms with E-state index in [1.165, 1.54) is 0 Å². The SMILES string of the molecule is CC(O)CCNc1cc(C#N)ccc1Cl. The van der Waals surface area contributed by atoms with Crippen molar-refractivity contribution >= 4 is 17.3 Å². The third kappa shape index (κ3) is 3.78. The molecule has 0 saturated heterocycles. The average Bonchev–Trinajstić information content (AvgIpc) is 2.20. The molecule has 0 bridgehead atoms. The van der Waals surface area contributed by atoms with Crippen molar-refractivity contribution in [1.29, 1.82) is 5.26 Å². The summed E-state index contributed by atoms with van der Waals surface area (Å²) < 4.78 is 0. The molecule has 1 unspecified atom stereocenters. The van der Waals surface area contributed by atoms with Crippen LogP contribution in [0, 0.1) is 11.3 Å². The van der Waals surface area contributed by atoms with Gasteiger partial charge in [-0.25, -0.2) is 0 Å². The number of rotatable bonds is 4. The molecule has 1 atom stereocenters. The van der Waals surface area contributed by atoms with Crippen LogP contribution < -0.4 is 5.32 Å². The number of halogens is 1. The molecule has 0 aromatic heterocycles. The molecule has 0 aliphatic rings. The fourth-order valence-electron chi connectivity index (χ4n) is 1.15. The van der Waals surface area contributed by atoms with Crippen molar-refractivity contribution < 1.29 is 5.11 Å². The van der Waals surface area contributed by atoms with Gasteiger partial charge in [-0.3, -0.25) is 0 Å². The lowest BCUT2D eigenvalue weighted by Crippen LogP contribution is -2.10. The Hall–Kier alpha value is -1.24. The van der Waals surface area contributed by atoms with E-state index >= 15 is 0 Å². The summed E-state index contributed by atoms with van der Waals surface area (Å²) in [5, 5.41) is 21.4. The number of hydrogen-bond acceptors (Lipinski definition) is 3. The lowest BCUT2D eigenvalue weighted by Gasteiger charge is -2.09. The molecule has 1 aromatic rings. The molecule has 0 saturated carbocycles. The molecule has 15 heavy (non-hydrogen) atoms. The maximum Gasteiger partial charge on any atom is 0.0992 e. The van der Waals surface area contributed by atoms with Crippen LogP contribution in [0.4, 0.5) is 5.69 Å². The zero-order valence-electron chi connectivity index (χ0n) is 8.50. The summed E-state index contributed by atoms with van der Waals surface area (Å²) in [6.07, 6.45) is 0.308. The number of nitrogens with zero attached hydrogens (tertiary/aromatic N) is 1. The van der Waals surface area contributed by atoms with E-state index in [4.69, 9.17) is 22.0 Å². The Kier molecular flexibility index (Phi) is 4.41. The minimum absolute atomic E-state index is 0.338. The molecule has 4 heteroatoms. The van der Waals surface area contributed by atoms with E-state index in [1.807, 2.05) is 6.07 Å². The van der Waals surface area contributed by atoms with Crippen molar-refractivity contribution in [2.75, 3.05) is 11.9 Å². The number of aliphatic hydroxyl groups is 1. The molecular weight excluding hydrogens is 212 g/mol. The van der Waals surface area contributed by atoms with Crippen molar-refractivity contribution in [3.05, 3.63) is 28.8 Å². The van der Waals surface area contributed by atoms with Gasteiger partial charge in [0.05, 0.1) is 28.4 Å². The monoisotopic (exact) mass is 224 g/mol. The number of hydrogen-bond donors (Lipinski definition) is 2. The number of benzene rings is 1. The highest BCUT2D eigenvalue weighted by atomic mass is 35.5. The van der Waals surface area contributed by atoms with Crippen LogP contribution in [-0.2, 0) is 0 Å². The molecule has 0 fully saturated rings. The molecule has 0 radical (unpaired) electrons. The van der Waals surface area contributed by atoms with Crippen LogP contribution in [0.3, 0.4) is 0 Å². The topological polar surface area (TPSA) is 56.0 Å². The molecule has 0 heterocycles. The van der Waals surface area contributed by atoms with Crippen LogP contribution in [0.25, 0.3) is 0 Å². The van der Waals surface area contributed by atoms with Crippen LogP contribution in [0.2, 0.25) is 5.02 Å². The predicted octanol–water partition coefficient (Wildman–Crippen LogP) is 2.39. The summed E-state index contributed by atoms with van der Waals surface area (Å²) in [6, 6.07) is 7.10. The van der Waals surface area contributed by atoms with Crippen molar-refractivity contribution in [2.45, 2.75) is 19.4 Å². The van der Waals surface area contributed by atoms with Crippen LogP contribution in [0.1, 0.15) is 18.9 Å². The molecule has 1 aromatic carbocycles. The van der Waals surface area contributed by atoms with E-state index in [0.29, 0.717) is 23.6 Å². The summed E-state index contributed by atoms with van der Waals surface area (Å²) >= 11 is 5.93. The predicted molar refractivity (Wildman–Crippen MR) is 61.0 cm³/mol. The molecule has 0 aliphatic carbocycles. The van der Waals surface area contributed by atoms with Gasteiger partial charge in [0.2, 0.25) is 0 Å². The lowest BCUT2D eigenvalue weighted by molar-refractivity contribution is 0.189. The zero-order valence-corrected chi connectivity index (χ0v) is 9.25. The van der Waals surface area contributed by atoms with Gasteiger partial charge in [-0.1, -0.05) is 11.6 Å². The molecule has 1 rings (SSSR count). The number of aliphatic hydroxyl groups excluding tert-OH is 1. The van der Waals surface area contributed by atoms with Gasteiger partial charge >= 0.3 is 0 Å². The van der Waals surface area contributed by atoms with Gasteiger partial charge in [0.25, 0.3) is 0 Å². The van der Waals surface area contributed by atoms with Crippen LogP contribution in [0.5, 0.6) is 0 Å². The van der Waals surface area contributed by atoms with Crippen molar-refractivity contribution in [2.24, 2.45) is 0 Å². The first kappa shape index (κ1) is 11.8. The third-order valence-electron chi connectivity index (χ3n) is 1.97. The van der Waals surface area contributed by atoms with Gasteiger partial charge in [-0.2, -0.15) is 5.26 Å². The smallest absolute Gasteiger partial charge is 0.0992 e. The van der Waals surface area contributed by atoms with Gasteiger partial charge in [0.15, 0.2) is 0 Å². The molecule has 0 aliphatic heterocycles. The summed E-state index contributed by atoms with van der Waals surface area (Å²) in [7, 11) is 0. The van der Waals surface area contributed by atoms with E-state index in [0.717, 1.165) is 5.69 Å². The van der Waals surface area contributed by atoms with Gasteiger partial charge in [0, 0.05) is 6.54 Å². The summed E-state index contributed by atoms with van der Waals surface area (Å²) in [5.74, 6) is 0. The summed E-state index contributed by atoms with van der Waals surface area (Å²) in [6.45, 7) is 2.36. The molecule has 3 nitrogen and oxygen atoms in total. The fraction of sp³-hybridized carbons (Fsp3) is 0.364. The number of nitriles is 1. The summed E-state index contributed by atoms with van der Waals surface area (Å²) in [5.41, 5.74) is 1.30. The molecule has 0 amide bonds. The molecule has 80 valence electrons. The highest BCUT2D eigenvalue weighted by Gasteiger charge is 2.02. The Labute approximate surface area is 94.3 Å². The minimum atomic E-state index is -0.338.